The molecular formula is C11H13BrFN. The van der Waals surface area contributed by atoms with Crippen LogP contribution in [0.3, 0.4) is 0 Å². The summed E-state index contributed by atoms with van der Waals surface area (Å²) < 4.78 is 14.7. The van der Waals surface area contributed by atoms with Gasteiger partial charge in [-0.2, -0.15) is 0 Å². The number of nitrogens with one attached hydrogen (secondary N) is 1. The maximum Gasteiger partial charge on any atom is 0.125 e. The van der Waals surface area contributed by atoms with Gasteiger partial charge in [-0.3, -0.25) is 0 Å². The third-order valence-electron chi connectivity index (χ3n) is 2.65. The van der Waals surface area contributed by atoms with Crippen LogP contribution >= 0.6 is 15.9 Å². The van der Waals surface area contributed by atoms with Crippen LogP contribution in [0.1, 0.15) is 19.4 Å². The number of halogens is 2. The fourth-order valence-electron chi connectivity index (χ4n) is 1.73. The summed E-state index contributed by atoms with van der Waals surface area (Å²) >= 11 is 3.40. The third kappa shape index (κ3) is 1.78. The minimum absolute atomic E-state index is 0.105. The number of rotatable bonds is 1. The second kappa shape index (κ2) is 3.23. The predicted octanol–water partition coefficient (Wildman–Crippen LogP) is 3.53. The zero-order chi connectivity index (χ0) is 10.3. The van der Waals surface area contributed by atoms with E-state index in [0.29, 0.717) is 0 Å². The highest BCUT2D eigenvalue weighted by atomic mass is 79.9. The van der Waals surface area contributed by atoms with E-state index in [0.717, 1.165) is 16.6 Å². The van der Waals surface area contributed by atoms with Crippen molar-refractivity contribution in [3.05, 3.63) is 28.2 Å². The smallest absolute Gasteiger partial charge is 0.125 e. The summed E-state index contributed by atoms with van der Waals surface area (Å²) in [6.45, 7) is 3.23. The first-order valence-corrected chi connectivity index (χ1v) is 5.50. The molecule has 0 fully saturated rings. The van der Waals surface area contributed by atoms with E-state index in [4.69, 9.17) is 0 Å². The molecular weight excluding hydrogens is 245 g/mol. The van der Waals surface area contributed by atoms with Gasteiger partial charge in [-0.05, 0) is 38.0 Å². The number of hydrogen-bond acceptors (Lipinski definition) is 1. The Morgan fingerprint density at radius 2 is 2.21 bits per heavy atom. The van der Waals surface area contributed by atoms with Crippen molar-refractivity contribution in [3.63, 3.8) is 0 Å². The first-order chi connectivity index (χ1) is 6.47. The van der Waals surface area contributed by atoms with Gasteiger partial charge in [0.2, 0.25) is 0 Å². The molecule has 0 saturated heterocycles. The molecule has 0 spiro atoms. The summed E-state index contributed by atoms with van der Waals surface area (Å²) in [6.07, 6.45) is 0.770. The first-order valence-electron chi connectivity index (χ1n) is 4.71. The Kier molecular flexibility index (Phi) is 2.30. The topological polar surface area (TPSA) is 12.0 Å². The average Bonchev–Trinajstić information content (AvgIpc) is 2.45. The normalized spacial score (nSPS) is 20.4. The molecule has 1 aromatic carbocycles. The second-order valence-corrected chi connectivity index (χ2v) is 5.18. The van der Waals surface area contributed by atoms with E-state index in [1.165, 1.54) is 5.56 Å². The van der Waals surface area contributed by atoms with Crippen LogP contribution < -0.4 is 5.32 Å². The summed E-state index contributed by atoms with van der Waals surface area (Å²) in [6, 6.07) is 5.93. The van der Waals surface area contributed by atoms with Crippen molar-refractivity contribution in [2.75, 3.05) is 5.32 Å². The molecule has 3 heteroatoms. The van der Waals surface area contributed by atoms with Gasteiger partial charge in [0.1, 0.15) is 5.67 Å². The van der Waals surface area contributed by atoms with Crippen LogP contribution in [0.4, 0.5) is 10.1 Å². The van der Waals surface area contributed by atoms with Crippen LogP contribution in [-0.2, 0) is 6.42 Å². The zero-order valence-electron chi connectivity index (χ0n) is 8.27. The van der Waals surface area contributed by atoms with Crippen molar-refractivity contribution < 1.29 is 4.39 Å². The van der Waals surface area contributed by atoms with Crippen LogP contribution in [0.25, 0.3) is 0 Å². The highest BCUT2D eigenvalue weighted by Crippen LogP contribution is 2.33. The summed E-state index contributed by atoms with van der Waals surface area (Å²) in [5.74, 6) is 0. The van der Waals surface area contributed by atoms with Crippen LogP contribution in [0.5, 0.6) is 0 Å². The van der Waals surface area contributed by atoms with Crippen LogP contribution in [0.15, 0.2) is 22.7 Å². The number of anilines is 1. The van der Waals surface area contributed by atoms with Crippen molar-refractivity contribution in [2.45, 2.75) is 32.0 Å². The van der Waals surface area contributed by atoms with Crippen molar-refractivity contribution in [1.29, 1.82) is 0 Å². The molecule has 1 unspecified atom stereocenters. The quantitative estimate of drug-likeness (QED) is 0.812. The fourth-order valence-corrected chi connectivity index (χ4v) is 2.10. The highest BCUT2D eigenvalue weighted by molar-refractivity contribution is 9.10. The summed E-state index contributed by atoms with van der Waals surface area (Å²) in [5, 5.41) is 3.21. The summed E-state index contributed by atoms with van der Waals surface area (Å²) in [7, 11) is 0. The molecule has 1 heterocycles. The Morgan fingerprint density at radius 1 is 1.50 bits per heavy atom. The molecule has 14 heavy (non-hydrogen) atoms. The van der Waals surface area contributed by atoms with Gasteiger partial charge >= 0.3 is 0 Å². The number of benzene rings is 1. The Hall–Kier alpha value is -0.570. The lowest BCUT2D eigenvalue weighted by Crippen LogP contribution is -2.36. The summed E-state index contributed by atoms with van der Waals surface area (Å²) in [5.41, 5.74) is 1.07. The molecule has 1 N–H and O–H groups in total. The standard InChI is InChI=1S/C11H13BrFN/c1-11(2,13)10-5-7-3-4-8(12)6-9(7)14-10/h3-4,6,10,14H,5H2,1-2H3. The minimum Gasteiger partial charge on any atom is -0.379 e. The molecule has 2 rings (SSSR count). The fraction of sp³-hybridized carbons (Fsp3) is 0.455. The van der Waals surface area contributed by atoms with Gasteiger partial charge in [-0.25, -0.2) is 4.39 Å². The molecule has 1 aliphatic heterocycles. The van der Waals surface area contributed by atoms with E-state index >= 15 is 0 Å². The molecule has 0 saturated carbocycles. The monoisotopic (exact) mass is 257 g/mol. The molecule has 76 valence electrons. The molecule has 0 amide bonds. The number of fused-ring (bicyclic) bond motifs is 1. The largest absolute Gasteiger partial charge is 0.379 e. The lowest BCUT2D eigenvalue weighted by atomic mass is 9.98. The second-order valence-electron chi connectivity index (χ2n) is 4.27. The van der Waals surface area contributed by atoms with E-state index in [9.17, 15) is 4.39 Å². The zero-order valence-corrected chi connectivity index (χ0v) is 9.86. The lowest BCUT2D eigenvalue weighted by Gasteiger charge is -2.22. The third-order valence-corrected chi connectivity index (χ3v) is 3.15. The average molecular weight is 258 g/mol. The first kappa shape index (κ1) is 9.97. The van der Waals surface area contributed by atoms with E-state index in [1.54, 1.807) is 13.8 Å². The summed E-state index contributed by atoms with van der Waals surface area (Å²) in [4.78, 5) is 0. The molecule has 1 atom stereocenters. The van der Waals surface area contributed by atoms with Crippen molar-refractivity contribution in [2.24, 2.45) is 0 Å². The van der Waals surface area contributed by atoms with Crippen molar-refractivity contribution >= 4 is 21.6 Å². The van der Waals surface area contributed by atoms with Crippen LogP contribution in [0, 0.1) is 0 Å². The molecule has 1 aromatic rings. The van der Waals surface area contributed by atoms with Gasteiger partial charge in [0.15, 0.2) is 0 Å². The Balaban J connectivity index is 2.26. The van der Waals surface area contributed by atoms with Gasteiger partial charge in [0, 0.05) is 10.2 Å². The molecule has 1 aliphatic rings. The Bertz CT molecular complexity index is 357. The van der Waals surface area contributed by atoms with Crippen LogP contribution in [-0.4, -0.2) is 11.7 Å². The number of hydrogen-bond donors (Lipinski definition) is 1. The maximum absolute atomic E-state index is 13.7. The maximum atomic E-state index is 13.7. The van der Waals surface area contributed by atoms with E-state index in [1.807, 2.05) is 18.2 Å². The van der Waals surface area contributed by atoms with Gasteiger partial charge < -0.3 is 5.32 Å². The molecule has 0 radical (unpaired) electrons. The SMILES string of the molecule is CC(C)(F)C1Cc2ccc(Br)cc2N1. The molecule has 0 aromatic heterocycles. The molecule has 0 aliphatic carbocycles. The van der Waals surface area contributed by atoms with E-state index in [2.05, 4.69) is 21.2 Å². The van der Waals surface area contributed by atoms with Gasteiger partial charge in [0.05, 0.1) is 6.04 Å². The van der Waals surface area contributed by atoms with Crippen molar-refractivity contribution in [3.8, 4) is 0 Å². The highest BCUT2D eigenvalue weighted by Gasteiger charge is 2.33. The van der Waals surface area contributed by atoms with Crippen LogP contribution in [0.2, 0.25) is 0 Å². The molecule has 0 bridgehead atoms. The van der Waals surface area contributed by atoms with Crippen molar-refractivity contribution in [1.82, 2.24) is 0 Å². The predicted molar refractivity (Wildman–Crippen MR) is 60.4 cm³/mol. The van der Waals surface area contributed by atoms with E-state index in [-0.39, 0.29) is 6.04 Å². The van der Waals surface area contributed by atoms with E-state index < -0.39 is 5.67 Å². The van der Waals surface area contributed by atoms with Gasteiger partial charge in [-0.1, -0.05) is 22.0 Å². The van der Waals surface area contributed by atoms with Gasteiger partial charge in [0.25, 0.3) is 0 Å². The minimum atomic E-state index is -1.18. The Morgan fingerprint density at radius 3 is 2.86 bits per heavy atom. The number of alkyl halides is 1. The Labute approximate surface area is 91.8 Å². The lowest BCUT2D eigenvalue weighted by molar-refractivity contribution is 0.187. The van der Waals surface area contributed by atoms with Gasteiger partial charge in [-0.15, -0.1) is 0 Å². The molecule has 1 nitrogen and oxygen atoms in total.